The second kappa shape index (κ2) is 146. The molecule has 0 bridgehead atoms. The van der Waals surface area contributed by atoms with Crippen LogP contribution in [0.15, 0.2) is 0 Å². The molecular formula is AlLiMnNiO4. The number of rotatable bonds is 0. The maximum Gasteiger partial charge on any atom is 3.00 e. The van der Waals surface area contributed by atoms with Gasteiger partial charge in [0, 0.05) is 0 Å². The Bertz CT molecular complexity index is 16.0. The fraction of sp³-hybridized carbons (Fsp3) is 0. The van der Waals surface area contributed by atoms with Crippen LogP contribution < -0.4 is 18.9 Å². The van der Waals surface area contributed by atoms with Gasteiger partial charge in [0.2, 0.25) is 0 Å². The van der Waals surface area contributed by atoms with E-state index < -0.39 is 0 Å². The van der Waals surface area contributed by atoms with E-state index in [1.54, 1.807) is 0 Å². The molecule has 0 N–H and O–H groups in total. The molecule has 0 aromatic rings. The molecule has 8 heavy (non-hydrogen) atoms. The molecule has 0 atom stereocenters. The molecule has 0 aromatic heterocycles. The fourth-order valence-electron chi connectivity index (χ4n) is 0. The zero-order chi connectivity index (χ0) is 0. The molecule has 0 aliphatic heterocycles. The third-order valence-electron chi connectivity index (χ3n) is 0. The van der Waals surface area contributed by atoms with Crippen LogP contribution in [0.2, 0.25) is 0 Å². The summed E-state index contributed by atoms with van der Waals surface area (Å²) in [5.41, 5.74) is 0. The average Bonchev–Trinajstić information content (AvgIpc) is 0. The molecule has 0 heterocycles. The second-order valence-corrected chi connectivity index (χ2v) is 0. The Morgan fingerprint density at radius 1 is 0.625 bits per heavy atom. The van der Waals surface area contributed by atoms with E-state index in [0.717, 1.165) is 0 Å². The molecule has 0 saturated carbocycles. The molecule has 1 radical (unpaired) electrons. The van der Waals surface area contributed by atoms with Gasteiger partial charge in [0.05, 0.1) is 0 Å². The number of hydrogen-bond acceptors (Lipinski definition) is 0. The summed E-state index contributed by atoms with van der Waals surface area (Å²) in [6, 6.07) is 0. The maximum absolute atomic E-state index is 0. The summed E-state index contributed by atoms with van der Waals surface area (Å²) in [7, 11) is 0. The maximum atomic E-state index is 0. The first-order valence-corrected chi connectivity index (χ1v) is 0. The standard InChI is InChI=1S/Al.Li.Mn.Ni.4O/q+3;+1;2*+2;4*-2. The van der Waals surface area contributed by atoms with Gasteiger partial charge < -0.3 is 21.9 Å². The normalized spacial score (nSPS) is 0. The van der Waals surface area contributed by atoms with Crippen LogP contribution in [0.25, 0.3) is 0 Å². The van der Waals surface area contributed by atoms with Crippen LogP contribution in [0.4, 0.5) is 0 Å². The molecule has 0 rings (SSSR count). The second-order valence-electron chi connectivity index (χ2n) is 0. The SMILES string of the molecule is [Al+3].[Li+].[Mn+2].[Ni+2].[O-2].[O-2].[O-2].[O-2]. The Labute approximate surface area is 91.1 Å². The Morgan fingerprint density at radius 2 is 0.625 bits per heavy atom. The summed E-state index contributed by atoms with van der Waals surface area (Å²) in [6.45, 7) is 0. The van der Waals surface area contributed by atoms with E-state index in [2.05, 4.69) is 0 Å². The third-order valence-corrected chi connectivity index (χ3v) is 0. The van der Waals surface area contributed by atoms with E-state index in [9.17, 15) is 0 Å². The van der Waals surface area contributed by atoms with E-state index >= 15 is 0 Å². The van der Waals surface area contributed by atoms with E-state index in [1.165, 1.54) is 0 Å². The van der Waals surface area contributed by atoms with Gasteiger partial charge in [-0.1, -0.05) is 0 Å². The van der Waals surface area contributed by atoms with Crippen molar-refractivity contribution in [2.24, 2.45) is 0 Å². The van der Waals surface area contributed by atoms with Crippen LogP contribution >= 0.6 is 0 Å². The van der Waals surface area contributed by atoms with Gasteiger partial charge in [-0.3, -0.25) is 0 Å². The minimum absolute atomic E-state index is 0. The zero-order valence-electron chi connectivity index (χ0n) is 3.90. The summed E-state index contributed by atoms with van der Waals surface area (Å²) in [5, 5.41) is 0. The van der Waals surface area contributed by atoms with Crippen LogP contribution in [0.5, 0.6) is 0 Å². The Kier molecular flexibility index (Phi) is 3730. The van der Waals surface area contributed by atoms with E-state index in [1.807, 2.05) is 0 Å². The van der Waals surface area contributed by atoms with Gasteiger partial charge in [-0.05, 0) is 0 Å². The average molecular weight is 212 g/mol. The molecule has 8 heteroatoms. The van der Waals surface area contributed by atoms with Crippen molar-refractivity contribution in [2.45, 2.75) is 0 Å². The number of hydrogen-bond donors (Lipinski definition) is 0. The van der Waals surface area contributed by atoms with Crippen LogP contribution in [-0.2, 0) is 55.5 Å². The summed E-state index contributed by atoms with van der Waals surface area (Å²) >= 11 is 0. The van der Waals surface area contributed by atoms with Crippen LogP contribution in [0.3, 0.4) is 0 Å². The smallest absolute Gasteiger partial charge is 2.00 e. The molecule has 4 nitrogen and oxygen atoms in total. The van der Waals surface area contributed by atoms with Crippen molar-refractivity contribution in [3.8, 4) is 0 Å². The molecule has 0 saturated heterocycles. The van der Waals surface area contributed by atoms with Crippen LogP contribution in [-0.4, -0.2) is 17.4 Å². The molecule has 0 spiro atoms. The van der Waals surface area contributed by atoms with Gasteiger partial charge in [-0.25, -0.2) is 0 Å². The van der Waals surface area contributed by atoms with Gasteiger partial charge in [0.1, 0.15) is 0 Å². The quantitative estimate of drug-likeness (QED) is 0.365. The fourth-order valence-corrected chi connectivity index (χ4v) is 0. The predicted molar refractivity (Wildman–Crippen MR) is 8.50 cm³/mol. The van der Waals surface area contributed by atoms with Crippen molar-refractivity contribution in [1.82, 2.24) is 0 Å². The minimum Gasteiger partial charge on any atom is -2.00 e. The van der Waals surface area contributed by atoms with Crippen molar-refractivity contribution in [2.75, 3.05) is 0 Å². The minimum atomic E-state index is 0. The first-order chi connectivity index (χ1) is 0. The van der Waals surface area contributed by atoms with Crippen molar-refractivity contribution >= 4 is 17.4 Å². The van der Waals surface area contributed by atoms with Crippen LogP contribution in [0, 0.1) is 0 Å². The molecule has 0 aliphatic carbocycles. The van der Waals surface area contributed by atoms with Crippen molar-refractivity contribution in [3.63, 3.8) is 0 Å². The molecular weight excluding hydrogens is 212 g/mol. The largest absolute Gasteiger partial charge is 3.00 e. The molecule has 0 aliphatic rings. The van der Waals surface area contributed by atoms with Gasteiger partial charge >= 0.3 is 69.8 Å². The zero-order valence-corrected chi connectivity index (χ0v) is 7.23. The Balaban J connectivity index is 0. The summed E-state index contributed by atoms with van der Waals surface area (Å²) in [4.78, 5) is 0. The Morgan fingerprint density at radius 3 is 0.625 bits per heavy atom. The van der Waals surface area contributed by atoms with Gasteiger partial charge in [-0.2, -0.15) is 0 Å². The third kappa shape index (κ3) is 99.0. The summed E-state index contributed by atoms with van der Waals surface area (Å²) in [6.07, 6.45) is 0. The van der Waals surface area contributed by atoms with Crippen LogP contribution in [0.1, 0.15) is 0 Å². The predicted octanol–water partition coefficient (Wildman–Crippen LogP) is -3.86. The molecule has 0 amide bonds. The van der Waals surface area contributed by atoms with Crippen molar-refractivity contribution in [3.05, 3.63) is 0 Å². The Hall–Kier alpha value is 1.98. The molecule has 45 valence electrons. The van der Waals surface area contributed by atoms with Crippen molar-refractivity contribution < 1.29 is 74.3 Å². The summed E-state index contributed by atoms with van der Waals surface area (Å²) < 4.78 is 0. The first kappa shape index (κ1) is 205. The molecule has 0 fully saturated rings. The van der Waals surface area contributed by atoms with Gasteiger partial charge in [-0.15, -0.1) is 0 Å². The first-order valence-electron chi connectivity index (χ1n) is 0. The summed E-state index contributed by atoms with van der Waals surface area (Å²) in [5.74, 6) is 0. The van der Waals surface area contributed by atoms with E-state index in [-0.39, 0.29) is 91.7 Å². The van der Waals surface area contributed by atoms with Gasteiger partial charge in [0.25, 0.3) is 0 Å². The van der Waals surface area contributed by atoms with Gasteiger partial charge in [0.15, 0.2) is 0 Å². The topological polar surface area (TPSA) is 114 Å². The molecule has 0 unspecified atom stereocenters. The molecule has 0 aromatic carbocycles. The van der Waals surface area contributed by atoms with Crippen molar-refractivity contribution in [1.29, 1.82) is 0 Å². The van der Waals surface area contributed by atoms with E-state index in [4.69, 9.17) is 0 Å². The van der Waals surface area contributed by atoms with E-state index in [0.29, 0.717) is 0 Å². The monoisotopic (exact) mass is 211 g/mol.